The van der Waals surface area contributed by atoms with E-state index in [1.807, 2.05) is 0 Å². The minimum Gasteiger partial charge on any atom is -0.504 e. The van der Waals surface area contributed by atoms with Crippen LogP contribution in [0, 0.1) is 0 Å². The monoisotopic (exact) mass is 428 g/mol. The summed E-state index contributed by atoms with van der Waals surface area (Å²) in [5.74, 6) is -13.4. The molecule has 0 spiro atoms. The normalized spacial score (nSPS) is 15.4. The Labute approximate surface area is 167 Å². The summed E-state index contributed by atoms with van der Waals surface area (Å²) in [6.45, 7) is 0.299. The summed E-state index contributed by atoms with van der Waals surface area (Å²) in [4.78, 5) is 1.05. The standard InChI is InChI=1S/C17H20N2O11/c20-7-5(8(21)12(25)15(28)11(7)24)17(30,19-3-1-18-2-4-19)6-9(22)13(26)16(29)14(27)10(6)23/h18,20-30H,1-4H2. The second-order valence-corrected chi connectivity index (χ2v) is 6.65. The predicted molar refractivity (Wildman–Crippen MR) is 97.0 cm³/mol. The van der Waals surface area contributed by atoms with Crippen LogP contribution in [0.1, 0.15) is 11.1 Å². The number of piperazine rings is 1. The van der Waals surface area contributed by atoms with Crippen LogP contribution in [0.3, 0.4) is 0 Å². The van der Waals surface area contributed by atoms with Crippen molar-refractivity contribution in [3.8, 4) is 57.5 Å². The van der Waals surface area contributed by atoms with Gasteiger partial charge in [-0.1, -0.05) is 0 Å². The molecule has 2 aromatic rings. The molecule has 1 aliphatic heterocycles. The molecule has 30 heavy (non-hydrogen) atoms. The first-order valence-electron chi connectivity index (χ1n) is 8.52. The van der Waals surface area contributed by atoms with E-state index in [9.17, 15) is 56.2 Å². The molecule has 0 amide bonds. The van der Waals surface area contributed by atoms with Gasteiger partial charge in [0.15, 0.2) is 28.7 Å². The first-order valence-corrected chi connectivity index (χ1v) is 8.52. The van der Waals surface area contributed by atoms with Crippen LogP contribution in [0.2, 0.25) is 0 Å². The van der Waals surface area contributed by atoms with E-state index < -0.39 is 74.3 Å². The topological polar surface area (TPSA) is 238 Å². The van der Waals surface area contributed by atoms with Crippen molar-refractivity contribution < 1.29 is 56.2 Å². The highest BCUT2D eigenvalue weighted by molar-refractivity contribution is 5.75. The Kier molecular flexibility index (Phi) is 4.90. The van der Waals surface area contributed by atoms with Crippen LogP contribution in [0.4, 0.5) is 0 Å². The molecule has 3 rings (SSSR count). The van der Waals surface area contributed by atoms with Gasteiger partial charge in [-0.15, -0.1) is 0 Å². The summed E-state index contributed by atoms with van der Waals surface area (Å²) in [5.41, 5.74) is -5.19. The van der Waals surface area contributed by atoms with Crippen molar-refractivity contribution in [1.82, 2.24) is 10.2 Å². The zero-order valence-electron chi connectivity index (χ0n) is 15.2. The summed E-state index contributed by atoms with van der Waals surface area (Å²) >= 11 is 0. The first kappa shape index (κ1) is 21.0. The molecule has 0 saturated carbocycles. The second kappa shape index (κ2) is 6.98. The van der Waals surface area contributed by atoms with E-state index in [1.165, 1.54) is 0 Å². The van der Waals surface area contributed by atoms with Gasteiger partial charge in [-0.25, -0.2) is 0 Å². The van der Waals surface area contributed by atoms with Crippen molar-refractivity contribution in [2.24, 2.45) is 0 Å². The summed E-state index contributed by atoms with van der Waals surface area (Å²) in [7, 11) is 0. The van der Waals surface area contributed by atoms with Crippen LogP contribution >= 0.6 is 0 Å². The molecular formula is C17H20N2O11. The fourth-order valence-corrected chi connectivity index (χ4v) is 3.46. The van der Waals surface area contributed by atoms with Gasteiger partial charge < -0.3 is 61.5 Å². The maximum atomic E-state index is 11.6. The lowest BCUT2D eigenvalue weighted by Crippen LogP contribution is -2.55. The quantitative estimate of drug-likeness (QED) is 0.204. The Morgan fingerprint density at radius 2 is 0.767 bits per heavy atom. The van der Waals surface area contributed by atoms with Crippen molar-refractivity contribution in [2.75, 3.05) is 26.2 Å². The number of hydrogen-bond donors (Lipinski definition) is 12. The Morgan fingerprint density at radius 3 is 1.07 bits per heavy atom. The number of rotatable bonds is 3. The van der Waals surface area contributed by atoms with Gasteiger partial charge in [0.2, 0.25) is 34.5 Å². The fraction of sp³-hybridized carbons (Fsp3) is 0.294. The highest BCUT2D eigenvalue weighted by atomic mass is 16.4. The van der Waals surface area contributed by atoms with Crippen LogP contribution in [0.25, 0.3) is 0 Å². The van der Waals surface area contributed by atoms with E-state index in [-0.39, 0.29) is 26.2 Å². The van der Waals surface area contributed by atoms with E-state index in [4.69, 9.17) is 0 Å². The van der Waals surface area contributed by atoms with Gasteiger partial charge in [0.05, 0.1) is 11.1 Å². The number of phenolic OH excluding ortho intramolecular Hbond substituents is 10. The third-order valence-electron chi connectivity index (χ3n) is 5.01. The van der Waals surface area contributed by atoms with Crippen LogP contribution in [-0.2, 0) is 5.72 Å². The average molecular weight is 428 g/mol. The van der Waals surface area contributed by atoms with E-state index >= 15 is 0 Å². The number of nitrogens with zero attached hydrogens (tertiary/aromatic N) is 1. The van der Waals surface area contributed by atoms with Crippen LogP contribution in [0.5, 0.6) is 57.5 Å². The lowest BCUT2D eigenvalue weighted by Gasteiger charge is -2.43. The summed E-state index contributed by atoms with van der Waals surface area (Å²) in [6.07, 6.45) is 0. The van der Waals surface area contributed by atoms with Gasteiger partial charge in [0, 0.05) is 26.2 Å². The molecule has 1 aliphatic rings. The van der Waals surface area contributed by atoms with Gasteiger partial charge in [-0.3, -0.25) is 4.90 Å². The van der Waals surface area contributed by atoms with E-state index in [2.05, 4.69) is 5.32 Å². The lowest BCUT2D eigenvalue weighted by molar-refractivity contribution is -0.0915. The first-order chi connectivity index (χ1) is 14.0. The summed E-state index contributed by atoms with van der Waals surface area (Å²) in [5, 5.41) is 115. The van der Waals surface area contributed by atoms with Gasteiger partial charge in [0.25, 0.3) is 0 Å². The van der Waals surface area contributed by atoms with E-state index in [1.54, 1.807) is 0 Å². The molecule has 2 aromatic carbocycles. The number of phenols is 10. The number of aromatic hydroxyl groups is 10. The molecule has 13 heteroatoms. The molecule has 0 bridgehead atoms. The predicted octanol–water partition coefficient (Wildman–Crippen LogP) is -1.16. The highest BCUT2D eigenvalue weighted by Crippen LogP contribution is 2.61. The molecule has 1 fully saturated rings. The Bertz CT molecular complexity index is 890. The van der Waals surface area contributed by atoms with Crippen LogP contribution in [0.15, 0.2) is 0 Å². The Morgan fingerprint density at radius 1 is 0.500 bits per heavy atom. The van der Waals surface area contributed by atoms with Crippen molar-refractivity contribution in [1.29, 1.82) is 0 Å². The van der Waals surface area contributed by atoms with Crippen molar-refractivity contribution in [3.05, 3.63) is 11.1 Å². The Balaban J connectivity index is 2.49. The molecular weight excluding hydrogens is 408 g/mol. The molecule has 0 aromatic heterocycles. The van der Waals surface area contributed by atoms with Crippen molar-refractivity contribution >= 4 is 0 Å². The maximum Gasteiger partial charge on any atom is 0.208 e. The zero-order chi connectivity index (χ0) is 22.5. The molecule has 0 aliphatic carbocycles. The fourth-order valence-electron chi connectivity index (χ4n) is 3.46. The smallest absolute Gasteiger partial charge is 0.208 e. The summed E-state index contributed by atoms with van der Waals surface area (Å²) < 4.78 is 0. The molecule has 13 nitrogen and oxygen atoms in total. The number of benzene rings is 2. The molecule has 0 unspecified atom stereocenters. The molecule has 12 N–H and O–H groups in total. The van der Waals surface area contributed by atoms with E-state index in [0.29, 0.717) is 0 Å². The summed E-state index contributed by atoms with van der Waals surface area (Å²) in [6, 6.07) is 0. The van der Waals surface area contributed by atoms with E-state index in [0.717, 1.165) is 4.90 Å². The number of nitrogens with one attached hydrogen (secondary N) is 1. The minimum absolute atomic E-state index is 0.0704. The van der Waals surface area contributed by atoms with Gasteiger partial charge in [-0.2, -0.15) is 0 Å². The minimum atomic E-state index is -3.00. The SMILES string of the molecule is Oc1c(O)c(O)c(C(O)(c2c(O)c(O)c(O)c(O)c2O)N2CCNCC2)c(O)c1O. The Hall–Kier alpha value is -3.68. The van der Waals surface area contributed by atoms with Crippen LogP contribution in [-0.4, -0.2) is 87.3 Å². The molecule has 1 heterocycles. The molecule has 0 atom stereocenters. The maximum absolute atomic E-state index is 11.6. The van der Waals surface area contributed by atoms with Gasteiger partial charge in [-0.05, 0) is 0 Å². The molecule has 1 saturated heterocycles. The molecule has 0 radical (unpaired) electrons. The van der Waals surface area contributed by atoms with Crippen molar-refractivity contribution in [3.63, 3.8) is 0 Å². The average Bonchev–Trinajstić information content (AvgIpc) is 2.74. The number of hydrogen-bond acceptors (Lipinski definition) is 13. The third-order valence-corrected chi connectivity index (χ3v) is 5.01. The number of aliphatic hydroxyl groups is 1. The highest BCUT2D eigenvalue weighted by Gasteiger charge is 2.50. The zero-order valence-corrected chi connectivity index (χ0v) is 15.2. The third kappa shape index (κ3) is 2.67. The molecule has 164 valence electrons. The van der Waals surface area contributed by atoms with Crippen molar-refractivity contribution in [2.45, 2.75) is 5.72 Å². The van der Waals surface area contributed by atoms with Gasteiger partial charge >= 0.3 is 0 Å². The largest absolute Gasteiger partial charge is 0.504 e. The second-order valence-electron chi connectivity index (χ2n) is 6.65. The van der Waals surface area contributed by atoms with Crippen LogP contribution < -0.4 is 5.32 Å². The lowest BCUT2D eigenvalue weighted by atomic mass is 9.87. The van der Waals surface area contributed by atoms with Gasteiger partial charge in [0.1, 0.15) is 0 Å².